The lowest BCUT2D eigenvalue weighted by Crippen LogP contribution is -2.18. The predicted molar refractivity (Wildman–Crippen MR) is 80.8 cm³/mol. The summed E-state index contributed by atoms with van der Waals surface area (Å²) in [5.74, 6) is 0.150. The third-order valence-electron chi connectivity index (χ3n) is 2.94. The zero-order valence-electron chi connectivity index (χ0n) is 11.8. The summed E-state index contributed by atoms with van der Waals surface area (Å²) >= 11 is 0. The lowest BCUT2D eigenvalue weighted by molar-refractivity contribution is 0.0961. The molecule has 0 aliphatic rings. The second-order valence-corrected chi connectivity index (χ2v) is 4.35. The topological polar surface area (TPSA) is 67.4 Å². The molecule has 0 saturated carbocycles. The van der Waals surface area contributed by atoms with Gasteiger partial charge in [-0.25, -0.2) is 0 Å². The first-order valence-electron chi connectivity index (χ1n) is 6.41. The van der Waals surface area contributed by atoms with E-state index in [1.807, 2.05) is 0 Å². The summed E-state index contributed by atoms with van der Waals surface area (Å²) in [5.41, 5.74) is 1.53. The fourth-order valence-corrected chi connectivity index (χ4v) is 1.85. The van der Waals surface area contributed by atoms with Crippen LogP contribution in [0.5, 0.6) is 5.75 Å². The van der Waals surface area contributed by atoms with E-state index >= 15 is 0 Å². The number of carbonyl (C=O) groups excluding carboxylic acids is 2. The van der Waals surface area contributed by atoms with Crippen LogP contribution in [0.15, 0.2) is 48.5 Å². The molecule has 2 N–H and O–H groups in total. The van der Waals surface area contributed by atoms with Crippen LogP contribution in [-0.2, 0) is 0 Å². The molecule has 5 nitrogen and oxygen atoms in total. The molecule has 2 amide bonds. The van der Waals surface area contributed by atoms with Gasteiger partial charge in [-0.3, -0.25) is 9.59 Å². The first kappa shape index (κ1) is 14.6. The Balaban J connectivity index is 2.17. The Morgan fingerprint density at radius 3 is 2.29 bits per heavy atom. The molecule has 0 aromatic heterocycles. The number of benzene rings is 2. The average molecular weight is 284 g/mol. The third-order valence-corrected chi connectivity index (χ3v) is 2.94. The van der Waals surface area contributed by atoms with Gasteiger partial charge in [-0.15, -0.1) is 0 Å². The van der Waals surface area contributed by atoms with Crippen LogP contribution in [0.4, 0.5) is 5.69 Å². The Bertz CT molecular complexity index is 668. The van der Waals surface area contributed by atoms with Gasteiger partial charge in [0.15, 0.2) is 0 Å². The molecule has 0 radical (unpaired) electrons. The minimum atomic E-state index is -0.261. The van der Waals surface area contributed by atoms with E-state index < -0.39 is 0 Å². The van der Waals surface area contributed by atoms with E-state index in [2.05, 4.69) is 10.6 Å². The van der Waals surface area contributed by atoms with Crippen molar-refractivity contribution in [1.82, 2.24) is 5.32 Å². The molecule has 0 fully saturated rings. The number of carbonyl (C=O) groups is 2. The predicted octanol–water partition coefficient (Wildman–Crippen LogP) is 2.31. The van der Waals surface area contributed by atoms with Gasteiger partial charge >= 0.3 is 0 Å². The Morgan fingerprint density at radius 2 is 1.62 bits per heavy atom. The van der Waals surface area contributed by atoms with Crippen molar-refractivity contribution in [2.45, 2.75) is 0 Å². The lowest BCUT2D eigenvalue weighted by atomic mass is 10.1. The molecule has 0 spiro atoms. The van der Waals surface area contributed by atoms with Crippen molar-refractivity contribution in [2.75, 3.05) is 19.5 Å². The maximum atomic E-state index is 12.2. The molecule has 0 atom stereocenters. The number of rotatable bonds is 4. The van der Waals surface area contributed by atoms with Crippen LogP contribution in [0.2, 0.25) is 0 Å². The second kappa shape index (κ2) is 6.56. The molecular formula is C16H16N2O3. The summed E-state index contributed by atoms with van der Waals surface area (Å²) in [7, 11) is 3.10. The van der Waals surface area contributed by atoms with Gasteiger partial charge in [0.1, 0.15) is 5.75 Å². The molecule has 2 rings (SSSR count). The molecule has 0 saturated heterocycles. The summed E-state index contributed by atoms with van der Waals surface area (Å²) in [6.07, 6.45) is 0. The molecule has 0 bridgehead atoms. The molecule has 2 aromatic carbocycles. The van der Waals surface area contributed by atoms with Gasteiger partial charge in [0.05, 0.1) is 7.11 Å². The van der Waals surface area contributed by atoms with Crippen LogP contribution in [0.1, 0.15) is 20.7 Å². The number of nitrogens with one attached hydrogen (secondary N) is 2. The van der Waals surface area contributed by atoms with Crippen molar-refractivity contribution in [1.29, 1.82) is 0 Å². The van der Waals surface area contributed by atoms with Crippen LogP contribution in [0.25, 0.3) is 0 Å². The highest BCUT2D eigenvalue weighted by Gasteiger charge is 2.09. The molecule has 0 aliphatic carbocycles. The van der Waals surface area contributed by atoms with Crippen LogP contribution >= 0.6 is 0 Å². The fourth-order valence-electron chi connectivity index (χ4n) is 1.85. The number of ether oxygens (including phenoxy) is 1. The Kier molecular flexibility index (Phi) is 4.56. The Labute approximate surface area is 122 Å². The van der Waals surface area contributed by atoms with E-state index in [4.69, 9.17) is 4.74 Å². The summed E-state index contributed by atoms with van der Waals surface area (Å²) in [4.78, 5) is 23.7. The molecule has 108 valence electrons. The number of methoxy groups -OCH3 is 1. The highest BCUT2D eigenvalue weighted by molar-refractivity contribution is 6.05. The van der Waals surface area contributed by atoms with Gasteiger partial charge in [-0.1, -0.05) is 12.1 Å². The van der Waals surface area contributed by atoms with Crippen LogP contribution < -0.4 is 15.4 Å². The van der Waals surface area contributed by atoms with E-state index in [0.29, 0.717) is 22.6 Å². The summed E-state index contributed by atoms with van der Waals surface area (Å²) < 4.78 is 5.09. The van der Waals surface area contributed by atoms with Crippen LogP contribution in [0, 0.1) is 0 Å². The van der Waals surface area contributed by atoms with E-state index in [-0.39, 0.29) is 11.8 Å². The van der Waals surface area contributed by atoms with E-state index in [0.717, 1.165) is 0 Å². The molecule has 5 heteroatoms. The van der Waals surface area contributed by atoms with Crippen molar-refractivity contribution in [2.24, 2.45) is 0 Å². The third kappa shape index (κ3) is 3.60. The largest absolute Gasteiger partial charge is 0.497 e. The normalized spacial score (nSPS) is 9.81. The molecule has 0 aliphatic heterocycles. The molecular weight excluding hydrogens is 268 g/mol. The molecule has 0 heterocycles. The quantitative estimate of drug-likeness (QED) is 0.905. The van der Waals surface area contributed by atoms with Gasteiger partial charge in [-0.05, 0) is 36.4 Å². The number of hydrogen-bond acceptors (Lipinski definition) is 3. The van der Waals surface area contributed by atoms with Crippen molar-refractivity contribution in [3.05, 3.63) is 59.7 Å². The summed E-state index contributed by atoms with van der Waals surface area (Å²) in [5, 5.41) is 5.29. The zero-order chi connectivity index (χ0) is 15.2. The van der Waals surface area contributed by atoms with Crippen molar-refractivity contribution in [3.8, 4) is 5.75 Å². The van der Waals surface area contributed by atoms with Gasteiger partial charge in [0, 0.05) is 23.9 Å². The van der Waals surface area contributed by atoms with Crippen LogP contribution in [-0.4, -0.2) is 26.0 Å². The standard InChI is InChI=1S/C16H16N2O3/c1-17-15(19)11-5-3-7-13(9-11)18-16(20)12-6-4-8-14(10-12)21-2/h3-10H,1-2H3,(H,17,19)(H,18,20). The number of anilines is 1. The van der Waals surface area contributed by atoms with E-state index in [1.54, 1.807) is 62.7 Å². The van der Waals surface area contributed by atoms with Gasteiger partial charge in [0.2, 0.25) is 0 Å². The number of amides is 2. The van der Waals surface area contributed by atoms with E-state index in [9.17, 15) is 9.59 Å². The van der Waals surface area contributed by atoms with Crippen molar-refractivity contribution >= 4 is 17.5 Å². The summed E-state index contributed by atoms with van der Waals surface area (Å²) in [6.45, 7) is 0. The Morgan fingerprint density at radius 1 is 0.952 bits per heavy atom. The molecule has 0 unspecified atom stereocenters. The minimum Gasteiger partial charge on any atom is -0.497 e. The minimum absolute atomic E-state index is 0.201. The highest BCUT2D eigenvalue weighted by atomic mass is 16.5. The fraction of sp³-hybridized carbons (Fsp3) is 0.125. The van der Waals surface area contributed by atoms with Gasteiger partial charge in [0.25, 0.3) is 11.8 Å². The Hall–Kier alpha value is -2.82. The maximum Gasteiger partial charge on any atom is 0.255 e. The first-order chi connectivity index (χ1) is 10.1. The first-order valence-corrected chi connectivity index (χ1v) is 6.41. The second-order valence-electron chi connectivity index (χ2n) is 4.35. The lowest BCUT2D eigenvalue weighted by Gasteiger charge is -2.08. The van der Waals surface area contributed by atoms with Crippen molar-refractivity contribution in [3.63, 3.8) is 0 Å². The SMILES string of the molecule is CNC(=O)c1cccc(NC(=O)c2cccc(OC)c2)c1. The van der Waals surface area contributed by atoms with Crippen LogP contribution in [0.3, 0.4) is 0 Å². The molecule has 21 heavy (non-hydrogen) atoms. The van der Waals surface area contributed by atoms with Crippen molar-refractivity contribution < 1.29 is 14.3 Å². The maximum absolute atomic E-state index is 12.2. The number of hydrogen-bond donors (Lipinski definition) is 2. The highest BCUT2D eigenvalue weighted by Crippen LogP contribution is 2.16. The van der Waals surface area contributed by atoms with Gasteiger partial charge < -0.3 is 15.4 Å². The molecule has 2 aromatic rings. The monoisotopic (exact) mass is 284 g/mol. The summed E-state index contributed by atoms with van der Waals surface area (Å²) in [6, 6.07) is 13.6. The smallest absolute Gasteiger partial charge is 0.255 e. The van der Waals surface area contributed by atoms with E-state index in [1.165, 1.54) is 0 Å². The van der Waals surface area contributed by atoms with Gasteiger partial charge in [-0.2, -0.15) is 0 Å². The average Bonchev–Trinajstić information content (AvgIpc) is 2.54. The zero-order valence-corrected chi connectivity index (χ0v) is 11.8.